The van der Waals surface area contributed by atoms with Gasteiger partial charge in [0.2, 0.25) is 5.43 Å². The maximum absolute atomic E-state index is 12.8. The third-order valence-corrected chi connectivity index (χ3v) is 6.31. The number of rotatable bonds is 3. The Morgan fingerprint density at radius 1 is 1.00 bits per heavy atom. The largest absolute Gasteiger partial charge is 0.505 e. The van der Waals surface area contributed by atoms with Crippen LogP contribution in [0.1, 0.15) is 31.9 Å². The molecule has 4 heteroatoms. The lowest BCUT2D eigenvalue weighted by Gasteiger charge is -2.26. The molecule has 0 atom stereocenters. The van der Waals surface area contributed by atoms with Gasteiger partial charge in [-0.25, -0.2) is 4.99 Å². The number of allylic oxidation sites excluding steroid dienone is 1. The van der Waals surface area contributed by atoms with Gasteiger partial charge in [0.05, 0.1) is 16.9 Å². The first-order valence-corrected chi connectivity index (χ1v) is 10.6. The second kappa shape index (κ2) is 6.95. The van der Waals surface area contributed by atoms with Crippen LogP contribution in [-0.2, 0) is 5.41 Å². The zero-order valence-electron chi connectivity index (χ0n) is 17.9. The van der Waals surface area contributed by atoms with Gasteiger partial charge in [0.15, 0.2) is 11.1 Å². The molecule has 0 spiro atoms. The number of aromatic hydroxyl groups is 1. The zero-order chi connectivity index (χ0) is 21.8. The summed E-state index contributed by atoms with van der Waals surface area (Å²) < 4.78 is 0. The van der Waals surface area contributed by atoms with Crippen molar-refractivity contribution in [1.82, 2.24) is 0 Å². The summed E-state index contributed by atoms with van der Waals surface area (Å²) in [4.78, 5) is 19.4. The van der Waals surface area contributed by atoms with Gasteiger partial charge in [-0.3, -0.25) is 4.79 Å². The highest BCUT2D eigenvalue weighted by Crippen LogP contribution is 2.51. The Bertz CT molecular complexity index is 1420. The molecule has 0 saturated carbocycles. The normalized spacial score (nSPS) is 17.1. The molecule has 4 aromatic rings. The van der Waals surface area contributed by atoms with Gasteiger partial charge in [-0.2, -0.15) is 0 Å². The van der Waals surface area contributed by atoms with Gasteiger partial charge < -0.3 is 10.0 Å². The molecule has 0 fully saturated rings. The lowest BCUT2D eigenvalue weighted by Crippen LogP contribution is -2.35. The van der Waals surface area contributed by atoms with Crippen LogP contribution in [0.5, 0.6) is 5.75 Å². The standard InChI is InChI=1S/C27H24N2O2/c1-4-29-22(16-20-25(30)23(26(20)31)28-18-11-6-5-7-12-18)27(2,3)21-15-14-17-10-8-9-13-19(17)24(21)29/h5-16,30H,4H2,1-3H3. The molecule has 0 aliphatic carbocycles. The van der Waals surface area contributed by atoms with Crippen molar-refractivity contribution in [2.45, 2.75) is 26.2 Å². The van der Waals surface area contributed by atoms with Crippen molar-refractivity contribution in [3.05, 3.63) is 99.1 Å². The van der Waals surface area contributed by atoms with E-state index in [2.05, 4.69) is 61.0 Å². The zero-order valence-corrected chi connectivity index (χ0v) is 17.9. The van der Waals surface area contributed by atoms with Gasteiger partial charge in [0.25, 0.3) is 0 Å². The number of benzene rings is 3. The number of likely N-dealkylation sites (N-methyl/N-ethyl adjacent to an activating group) is 1. The Kier molecular flexibility index (Phi) is 4.33. The summed E-state index contributed by atoms with van der Waals surface area (Å²) in [6.07, 6.45) is 1.85. The molecule has 154 valence electrons. The smallest absolute Gasteiger partial charge is 0.219 e. The summed E-state index contributed by atoms with van der Waals surface area (Å²) in [5.41, 5.74) is 3.88. The van der Waals surface area contributed by atoms with Crippen LogP contribution in [0.3, 0.4) is 0 Å². The number of hydrogen-bond acceptors (Lipinski definition) is 4. The minimum atomic E-state index is -0.296. The van der Waals surface area contributed by atoms with Crippen molar-refractivity contribution >= 4 is 28.2 Å². The molecule has 0 saturated heterocycles. The van der Waals surface area contributed by atoms with E-state index in [1.54, 1.807) is 0 Å². The summed E-state index contributed by atoms with van der Waals surface area (Å²) in [5.74, 6) is -0.0333. The fourth-order valence-electron chi connectivity index (χ4n) is 4.65. The van der Waals surface area contributed by atoms with Crippen LogP contribution >= 0.6 is 0 Å². The molecule has 0 aromatic heterocycles. The van der Waals surface area contributed by atoms with E-state index in [1.165, 1.54) is 22.0 Å². The second-order valence-corrected chi connectivity index (χ2v) is 8.47. The fourth-order valence-corrected chi connectivity index (χ4v) is 4.65. The number of hydrogen-bond donors (Lipinski definition) is 1. The van der Waals surface area contributed by atoms with E-state index >= 15 is 0 Å². The average Bonchev–Trinajstić information content (AvgIpc) is 3.02. The number of anilines is 1. The summed E-state index contributed by atoms with van der Waals surface area (Å²) in [6, 6.07) is 21.9. The summed E-state index contributed by atoms with van der Waals surface area (Å²) in [6.45, 7) is 7.22. The van der Waals surface area contributed by atoms with Gasteiger partial charge in [-0.05, 0) is 36.1 Å². The molecule has 0 bridgehead atoms. The van der Waals surface area contributed by atoms with E-state index in [0.29, 0.717) is 11.3 Å². The molecular weight excluding hydrogens is 384 g/mol. The first-order valence-electron chi connectivity index (χ1n) is 10.6. The lowest BCUT2D eigenvalue weighted by molar-refractivity contribution is 0.458. The lowest BCUT2D eigenvalue weighted by atomic mass is 9.82. The van der Waals surface area contributed by atoms with Crippen molar-refractivity contribution in [3.63, 3.8) is 0 Å². The van der Waals surface area contributed by atoms with Gasteiger partial charge in [-0.1, -0.05) is 68.4 Å². The van der Waals surface area contributed by atoms with E-state index in [-0.39, 0.29) is 22.0 Å². The van der Waals surface area contributed by atoms with E-state index in [0.717, 1.165) is 12.2 Å². The summed E-state index contributed by atoms with van der Waals surface area (Å²) >= 11 is 0. The Morgan fingerprint density at radius 3 is 2.42 bits per heavy atom. The molecule has 0 amide bonds. The fraction of sp³-hybridized carbons (Fsp3) is 0.185. The number of nitrogens with zero attached hydrogens (tertiary/aromatic N) is 2. The Balaban J connectivity index is 1.66. The maximum atomic E-state index is 12.8. The summed E-state index contributed by atoms with van der Waals surface area (Å²) in [5, 5.41) is 13.2. The van der Waals surface area contributed by atoms with Crippen LogP contribution in [0.2, 0.25) is 0 Å². The molecule has 1 N–H and O–H groups in total. The predicted molar refractivity (Wildman–Crippen MR) is 126 cm³/mol. The van der Waals surface area contributed by atoms with Crippen LogP contribution in [0.15, 0.2) is 82.2 Å². The molecule has 1 heterocycles. The molecule has 4 aromatic carbocycles. The molecule has 31 heavy (non-hydrogen) atoms. The Hall–Kier alpha value is -3.66. The third-order valence-electron chi connectivity index (χ3n) is 6.31. The molecule has 0 radical (unpaired) electrons. The van der Waals surface area contributed by atoms with E-state index in [4.69, 9.17) is 0 Å². The minimum absolute atomic E-state index is 0.0333. The van der Waals surface area contributed by atoms with Crippen LogP contribution in [0.25, 0.3) is 16.8 Å². The van der Waals surface area contributed by atoms with Crippen LogP contribution in [-0.4, -0.2) is 11.7 Å². The molecule has 1 aliphatic heterocycles. The molecule has 1 aliphatic rings. The molecular formula is C27H24N2O2. The Morgan fingerprint density at radius 2 is 1.71 bits per heavy atom. The minimum Gasteiger partial charge on any atom is -0.505 e. The van der Waals surface area contributed by atoms with E-state index in [1.807, 2.05) is 42.5 Å². The quantitative estimate of drug-likeness (QED) is 0.509. The topological polar surface area (TPSA) is 52.9 Å². The summed E-state index contributed by atoms with van der Waals surface area (Å²) in [7, 11) is 0. The number of para-hydroxylation sites is 1. The van der Waals surface area contributed by atoms with Gasteiger partial charge in [0, 0.05) is 23.0 Å². The van der Waals surface area contributed by atoms with Crippen LogP contribution in [0, 0.1) is 0 Å². The maximum Gasteiger partial charge on any atom is 0.219 e. The SMILES string of the molecule is CCN1C(=Cc2c(O)c(=Nc3ccccc3)c2=O)C(C)(C)c2ccc3ccccc3c21. The number of fused-ring (bicyclic) bond motifs is 3. The van der Waals surface area contributed by atoms with Crippen LogP contribution < -0.4 is 15.7 Å². The van der Waals surface area contributed by atoms with E-state index < -0.39 is 0 Å². The second-order valence-electron chi connectivity index (χ2n) is 8.47. The molecule has 0 unspecified atom stereocenters. The highest BCUT2D eigenvalue weighted by atomic mass is 16.3. The van der Waals surface area contributed by atoms with Gasteiger partial charge >= 0.3 is 0 Å². The van der Waals surface area contributed by atoms with Gasteiger partial charge in [0.1, 0.15) is 0 Å². The first-order chi connectivity index (χ1) is 14.9. The Labute approximate surface area is 181 Å². The van der Waals surface area contributed by atoms with Gasteiger partial charge in [-0.15, -0.1) is 0 Å². The predicted octanol–water partition coefficient (Wildman–Crippen LogP) is 5.17. The monoisotopic (exact) mass is 408 g/mol. The van der Waals surface area contributed by atoms with Crippen molar-refractivity contribution in [2.24, 2.45) is 4.99 Å². The van der Waals surface area contributed by atoms with Crippen molar-refractivity contribution in [1.29, 1.82) is 0 Å². The average molecular weight is 409 g/mol. The first kappa shape index (κ1) is 19.3. The highest BCUT2D eigenvalue weighted by Gasteiger charge is 2.41. The van der Waals surface area contributed by atoms with E-state index in [9.17, 15) is 9.90 Å². The van der Waals surface area contributed by atoms with Crippen molar-refractivity contribution < 1.29 is 5.11 Å². The molecule has 4 nitrogen and oxygen atoms in total. The molecule has 5 rings (SSSR count). The van der Waals surface area contributed by atoms with Crippen molar-refractivity contribution in [2.75, 3.05) is 11.4 Å². The van der Waals surface area contributed by atoms with Crippen LogP contribution in [0.4, 0.5) is 11.4 Å². The van der Waals surface area contributed by atoms with Crippen molar-refractivity contribution in [3.8, 4) is 5.75 Å². The highest BCUT2D eigenvalue weighted by molar-refractivity contribution is 6.00. The third kappa shape index (κ3) is 2.82.